The summed E-state index contributed by atoms with van der Waals surface area (Å²) in [5, 5.41) is 13.1. The molecule has 0 spiro atoms. The van der Waals surface area contributed by atoms with Gasteiger partial charge in [0.15, 0.2) is 0 Å². The van der Waals surface area contributed by atoms with E-state index < -0.39 is 11.5 Å². The number of thiazole rings is 1. The zero-order valence-electron chi connectivity index (χ0n) is 13.2. The van der Waals surface area contributed by atoms with Gasteiger partial charge in [-0.25, -0.2) is 4.98 Å². The SMILES string of the molecule is Cc1ncsc1C(=O)NC[C@@](C)(Cc1ccccc1)[C@@H](C)O. The average Bonchev–Trinajstić information content (AvgIpc) is 2.92. The smallest absolute Gasteiger partial charge is 0.263 e. The van der Waals surface area contributed by atoms with Crippen molar-refractivity contribution in [1.82, 2.24) is 10.3 Å². The van der Waals surface area contributed by atoms with Crippen molar-refractivity contribution >= 4 is 17.2 Å². The molecule has 1 amide bonds. The molecule has 2 atom stereocenters. The minimum absolute atomic E-state index is 0.125. The van der Waals surface area contributed by atoms with Gasteiger partial charge in [-0.2, -0.15) is 0 Å². The topological polar surface area (TPSA) is 62.2 Å². The Balaban J connectivity index is 2.05. The number of hydrogen-bond donors (Lipinski definition) is 2. The Morgan fingerprint density at radius 2 is 2.09 bits per heavy atom. The molecule has 22 heavy (non-hydrogen) atoms. The van der Waals surface area contributed by atoms with Gasteiger partial charge in [-0.3, -0.25) is 4.79 Å². The van der Waals surface area contributed by atoms with E-state index in [-0.39, 0.29) is 5.91 Å². The van der Waals surface area contributed by atoms with Gasteiger partial charge in [0.2, 0.25) is 0 Å². The van der Waals surface area contributed by atoms with Gasteiger partial charge in [-0.15, -0.1) is 11.3 Å². The maximum absolute atomic E-state index is 12.2. The maximum atomic E-state index is 12.2. The zero-order valence-corrected chi connectivity index (χ0v) is 14.0. The molecule has 2 N–H and O–H groups in total. The van der Waals surface area contributed by atoms with Crippen LogP contribution >= 0.6 is 11.3 Å². The number of carbonyl (C=O) groups excluding carboxylic acids is 1. The fourth-order valence-electron chi connectivity index (χ4n) is 2.30. The molecule has 1 aromatic heterocycles. The average molecular weight is 318 g/mol. The Labute approximate surface area is 135 Å². The monoisotopic (exact) mass is 318 g/mol. The lowest BCUT2D eigenvalue weighted by Gasteiger charge is -2.33. The van der Waals surface area contributed by atoms with E-state index in [0.29, 0.717) is 17.8 Å². The second kappa shape index (κ2) is 7.03. The fourth-order valence-corrected chi connectivity index (χ4v) is 3.02. The van der Waals surface area contributed by atoms with Gasteiger partial charge in [-0.05, 0) is 25.8 Å². The lowest BCUT2D eigenvalue weighted by molar-refractivity contribution is 0.0501. The number of hydrogen-bond acceptors (Lipinski definition) is 4. The number of aryl methyl sites for hydroxylation is 1. The Kier molecular flexibility index (Phi) is 5.32. The lowest BCUT2D eigenvalue weighted by Crippen LogP contribution is -2.43. The number of aliphatic hydroxyl groups excluding tert-OH is 1. The summed E-state index contributed by atoms with van der Waals surface area (Å²) in [7, 11) is 0. The van der Waals surface area contributed by atoms with Gasteiger partial charge in [0, 0.05) is 12.0 Å². The van der Waals surface area contributed by atoms with Crippen molar-refractivity contribution in [1.29, 1.82) is 0 Å². The van der Waals surface area contributed by atoms with Crippen molar-refractivity contribution in [3.63, 3.8) is 0 Å². The largest absolute Gasteiger partial charge is 0.393 e. The Hall–Kier alpha value is -1.72. The molecule has 0 saturated carbocycles. The summed E-state index contributed by atoms with van der Waals surface area (Å²) in [5.74, 6) is -0.125. The highest BCUT2D eigenvalue weighted by Gasteiger charge is 2.31. The molecule has 2 rings (SSSR count). The third kappa shape index (κ3) is 3.93. The van der Waals surface area contributed by atoms with Gasteiger partial charge >= 0.3 is 0 Å². The number of carbonyl (C=O) groups is 1. The van der Waals surface area contributed by atoms with E-state index in [4.69, 9.17) is 0 Å². The molecule has 0 aliphatic heterocycles. The molecule has 0 saturated heterocycles. The predicted molar refractivity (Wildman–Crippen MR) is 89.1 cm³/mol. The molecule has 0 aliphatic rings. The highest BCUT2D eigenvalue weighted by molar-refractivity contribution is 7.11. The molecule has 0 bridgehead atoms. The van der Waals surface area contributed by atoms with Crippen LogP contribution in [-0.2, 0) is 6.42 Å². The molecular formula is C17H22N2O2S. The first-order chi connectivity index (χ1) is 10.4. The van der Waals surface area contributed by atoms with Gasteiger partial charge in [0.05, 0.1) is 17.3 Å². The molecule has 0 aliphatic carbocycles. The van der Waals surface area contributed by atoms with Crippen molar-refractivity contribution in [3.05, 3.63) is 52.0 Å². The van der Waals surface area contributed by atoms with Gasteiger partial charge in [-0.1, -0.05) is 37.3 Å². The third-order valence-electron chi connectivity index (χ3n) is 4.06. The van der Waals surface area contributed by atoms with Gasteiger partial charge < -0.3 is 10.4 Å². The summed E-state index contributed by atoms with van der Waals surface area (Å²) < 4.78 is 0. The van der Waals surface area contributed by atoms with E-state index in [1.165, 1.54) is 11.3 Å². The number of benzene rings is 1. The van der Waals surface area contributed by atoms with E-state index >= 15 is 0 Å². The number of amides is 1. The molecular weight excluding hydrogens is 296 g/mol. The standard InChI is InChI=1S/C17H22N2O2S/c1-12-15(22-11-19-12)16(21)18-10-17(3,13(2)20)9-14-7-5-4-6-8-14/h4-8,11,13,20H,9-10H2,1-3H3,(H,18,21)/t13-,17-/m1/s1. The summed E-state index contributed by atoms with van der Waals surface area (Å²) in [5.41, 5.74) is 3.14. The minimum Gasteiger partial charge on any atom is -0.393 e. The number of rotatable bonds is 6. The van der Waals surface area contributed by atoms with Crippen molar-refractivity contribution in [2.24, 2.45) is 5.41 Å². The quantitative estimate of drug-likeness (QED) is 0.861. The second-order valence-corrected chi connectivity index (χ2v) is 6.80. The molecule has 0 radical (unpaired) electrons. The number of aromatic nitrogens is 1. The minimum atomic E-state index is -0.532. The van der Waals surface area contributed by atoms with Crippen LogP contribution in [0.5, 0.6) is 0 Å². The van der Waals surface area contributed by atoms with Crippen molar-refractivity contribution in [3.8, 4) is 0 Å². The highest BCUT2D eigenvalue weighted by atomic mass is 32.1. The highest BCUT2D eigenvalue weighted by Crippen LogP contribution is 2.26. The van der Waals surface area contributed by atoms with Crippen LogP contribution in [0.2, 0.25) is 0 Å². The second-order valence-electron chi connectivity index (χ2n) is 5.94. The molecule has 2 aromatic rings. The van der Waals surface area contributed by atoms with Crippen molar-refractivity contribution < 1.29 is 9.90 Å². The van der Waals surface area contributed by atoms with E-state index in [1.807, 2.05) is 44.2 Å². The van der Waals surface area contributed by atoms with Gasteiger partial charge in [0.1, 0.15) is 4.88 Å². The molecule has 0 unspecified atom stereocenters. The number of nitrogens with one attached hydrogen (secondary N) is 1. The molecule has 1 heterocycles. The van der Waals surface area contributed by atoms with E-state index in [0.717, 1.165) is 11.3 Å². The first-order valence-corrected chi connectivity index (χ1v) is 8.20. The predicted octanol–water partition coefficient (Wildman–Crippen LogP) is 2.81. The normalized spacial score (nSPS) is 15.1. The van der Waals surface area contributed by atoms with Crippen LogP contribution in [0.4, 0.5) is 0 Å². The van der Waals surface area contributed by atoms with Crippen LogP contribution in [0.25, 0.3) is 0 Å². The van der Waals surface area contributed by atoms with Crippen LogP contribution in [0.15, 0.2) is 35.8 Å². The Morgan fingerprint density at radius 3 is 2.64 bits per heavy atom. The van der Waals surface area contributed by atoms with Crippen LogP contribution in [0, 0.1) is 12.3 Å². The van der Waals surface area contributed by atoms with Crippen LogP contribution < -0.4 is 5.32 Å². The third-order valence-corrected chi connectivity index (χ3v) is 4.99. The summed E-state index contributed by atoms with van der Waals surface area (Å²) in [4.78, 5) is 17.0. The molecule has 1 aromatic carbocycles. The van der Waals surface area contributed by atoms with Crippen LogP contribution in [-0.4, -0.2) is 28.6 Å². The van der Waals surface area contributed by atoms with Crippen molar-refractivity contribution in [2.45, 2.75) is 33.3 Å². The van der Waals surface area contributed by atoms with E-state index in [2.05, 4.69) is 10.3 Å². The molecule has 5 heteroatoms. The summed E-state index contributed by atoms with van der Waals surface area (Å²) in [6.07, 6.45) is 0.170. The van der Waals surface area contributed by atoms with Crippen LogP contribution in [0.1, 0.15) is 34.8 Å². The summed E-state index contributed by atoms with van der Waals surface area (Å²) in [6, 6.07) is 10.0. The first kappa shape index (κ1) is 16.6. The maximum Gasteiger partial charge on any atom is 0.263 e. The van der Waals surface area contributed by atoms with E-state index in [9.17, 15) is 9.90 Å². The number of aliphatic hydroxyl groups is 1. The zero-order chi connectivity index (χ0) is 16.2. The summed E-state index contributed by atoms with van der Waals surface area (Å²) in [6.45, 7) is 6.00. The van der Waals surface area contributed by atoms with Crippen LogP contribution in [0.3, 0.4) is 0 Å². The fraction of sp³-hybridized carbons (Fsp3) is 0.412. The number of nitrogens with zero attached hydrogens (tertiary/aromatic N) is 1. The van der Waals surface area contributed by atoms with E-state index in [1.54, 1.807) is 12.4 Å². The van der Waals surface area contributed by atoms with Gasteiger partial charge in [0.25, 0.3) is 5.91 Å². The summed E-state index contributed by atoms with van der Waals surface area (Å²) >= 11 is 1.33. The molecule has 118 valence electrons. The Bertz CT molecular complexity index is 625. The first-order valence-electron chi connectivity index (χ1n) is 7.32. The molecule has 4 nitrogen and oxygen atoms in total. The van der Waals surface area contributed by atoms with Crippen molar-refractivity contribution in [2.75, 3.05) is 6.54 Å². The lowest BCUT2D eigenvalue weighted by atomic mass is 9.79. The molecule has 0 fully saturated rings. The Morgan fingerprint density at radius 1 is 1.41 bits per heavy atom.